The average Bonchev–Trinajstić information content (AvgIpc) is 2.49. The van der Waals surface area contributed by atoms with Crippen LogP contribution >= 0.6 is 0 Å². The minimum absolute atomic E-state index is 0.0925. The molecule has 2 N–H and O–H groups in total. The number of benzene rings is 1. The van der Waals surface area contributed by atoms with Crippen LogP contribution in [-0.4, -0.2) is 49.8 Å². The van der Waals surface area contributed by atoms with Crippen LogP contribution in [0, 0.1) is 0 Å². The first kappa shape index (κ1) is 18.6. The van der Waals surface area contributed by atoms with Gasteiger partial charge in [0.25, 0.3) is 0 Å². The van der Waals surface area contributed by atoms with Crippen LogP contribution in [0.4, 0.5) is 23.7 Å². The van der Waals surface area contributed by atoms with E-state index >= 15 is 0 Å². The fourth-order valence-corrected chi connectivity index (χ4v) is 1.69. The molecule has 0 saturated carbocycles. The summed E-state index contributed by atoms with van der Waals surface area (Å²) >= 11 is 0. The Hall–Kier alpha value is -2.45. The standard InChI is InChI=1S/C14H18F3N3O3/c1-3-20(13(22)18-9-14(15,16)17)8-12(21)19-10-5-4-6-11(7-10)23-2/h4-7H,3,8-9H2,1-2H3,(H,18,22)(H,19,21). The summed E-state index contributed by atoms with van der Waals surface area (Å²) in [7, 11) is 1.48. The van der Waals surface area contributed by atoms with E-state index in [9.17, 15) is 22.8 Å². The topological polar surface area (TPSA) is 70.7 Å². The predicted octanol–water partition coefficient (Wildman–Crippen LogP) is 2.23. The van der Waals surface area contributed by atoms with Gasteiger partial charge in [0.1, 0.15) is 18.8 Å². The molecule has 9 heteroatoms. The van der Waals surface area contributed by atoms with Gasteiger partial charge in [0.15, 0.2) is 0 Å². The first-order valence-electron chi connectivity index (χ1n) is 6.78. The van der Waals surface area contributed by atoms with E-state index in [1.165, 1.54) is 7.11 Å². The summed E-state index contributed by atoms with van der Waals surface area (Å²) < 4.78 is 41.2. The third-order valence-corrected chi connectivity index (χ3v) is 2.80. The molecule has 0 heterocycles. The quantitative estimate of drug-likeness (QED) is 0.839. The van der Waals surface area contributed by atoms with Crippen LogP contribution in [0.15, 0.2) is 24.3 Å². The van der Waals surface area contributed by atoms with Gasteiger partial charge >= 0.3 is 12.2 Å². The van der Waals surface area contributed by atoms with Gasteiger partial charge in [-0.05, 0) is 19.1 Å². The third kappa shape index (κ3) is 6.90. The van der Waals surface area contributed by atoms with Crippen molar-refractivity contribution in [3.05, 3.63) is 24.3 Å². The van der Waals surface area contributed by atoms with Crippen molar-refractivity contribution in [2.24, 2.45) is 0 Å². The number of halogens is 3. The number of methoxy groups -OCH3 is 1. The monoisotopic (exact) mass is 333 g/mol. The van der Waals surface area contributed by atoms with Gasteiger partial charge in [0.05, 0.1) is 7.11 Å². The van der Waals surface area contributed by atoms with Crippen molar-refractivity contribution < 1.29 is 27.5 Å². The predicted molar refractivity (Wildman–Crippen MR) is 78.3 cm³/mol. The van der Waals surface area contributed by atoms with Gasteiger partial charge in [-0.3, -0.25) is 4.79 Å². The number of carbonyl (C=O) groups excluding carboxylic acids is 2. The van der Waals surface area contributed by atoms with E-state index in [0.717, 1.165) is 4.90 Å². The number of anilines is 1. The molecular weight excluding hydrogens is 315 g/mol. The van der Waals surface area contributed by atoms with Crippen molar-refractivity contribution >= 4 is 17.6 Å². The number of nitrogens with zero attached hydrogens (tertiary/aromatic N) is 1. The fourth-order valence-electron chi connectivity index (χ4n) is 1.69. The van der Waals surface area contributed by atoms with Crippen molar-refractivity contribution in [1.29, 1.82) is 0 Å². The molecule has 0 spiro atoms. The number of amides is 3. The van der Waals surface area contributed by atoms with Gasteiger partial charge in [-0.25, -0.2) is 4.79 Å². The second-order valence-electron chi connectivity index (χ2n) is 4.57. The molecule has 0 aliphatic carbocycles. The number of alkyl halides is 3. The molecule has 0 radical (unpaired) electrons. The summed E-state index contributed by atoms with van der Waals surface area (Å²) in [4.78, 5) is 24.5. The van der Waals surface area contributed by atoms with Gasteiger partial charge in [0, 0.05) is 18.3 Å². The van der Waals surface area contributed by atoms with Crippen LogP contribution < -0.4 is 15.4 Å². The molecule has 1 rings (SSSR count). The van der Waals surface area contributed by atoms with Crippen molar-refractivity contribution in [2.45, 2.75) is 13.1 Å². The Morgan fingerprint density at radius 1 is 1.30 bits per heavy atom. The molecule has 23 heavy (non-hydrogen) atoms. The Labute approximate surface area is 131 Å². The second-order valence-corrected chi connectivity index (χ2v) is 4.57. The van der Waals surface area contributed by atoms with Gasteiger partial charge in [-0.2, -0.15) is 13.2 Å². The number of ether oxygens (including phenoxy) is 1. The normalized spacial score (nSPS) is 10.8. The van der Waals surface area contributed by atoms with Crippen LogP contribution in [0.5, 0.6) is 5.75 Å². The lowest BCUT2D eigenvalue weighted by Gasteiger charge is -2.21. The van der Waals surface area contributed by atoms with Crippen LogP contribution in [-0.2, 0) is 4.79 Å². The molecule has 0 atom stereocenters. The van der Waals surface area contributed by atoms with Gasteiger partial charge in [-0.1, -0.05) is 6.07 Å². The summed E-state index contributed by atoms with van der Waals surface area (Å²) in [6, 6.07) is 5.62. The number of likely N-dealkylation sites (N-methyl/N-ethyl adjacent to an activating group) is 1. The van der Waals surface area contributed by atoms with Crippen molar-refractivity contribution in [2.75, 3.05) is 32.1 Å². The molecule has 3 amide bonds. The van der Waals surface area contributed by atoms with Gasteiger partial charge < -0.3 is 20.3 Å². The van der Waals surface area contributed by atoms with E-state index in [0.29, 0.717) is 11.4 Å². The van der Waals surface area contributed by atoms with Crippen LogP contribution in [0.1, 0.15) is 6.92 Å². The summed E-state index contributed by atoms with van der Waals surface area (Å²) in [5.74, 6) is 0.0142. The highest BCUT2D eigenvalue weighted by molar-refractivity contribution is 5.94. The highest BCUT2D eigenvalue weighted by Gasteiger charge is 2.29. The molecule has 0 bridgehead atoms. The molecule has 0 fully saturated rings. The maximum Gasteiger partial charge on any atom is 0.405 e. The molecule has 0 aliphatic rings. The van der Waals surface area contributed by atoms with Gasteiger partial charge in [0.2, 0.25) is 5.91 Å². The van der Waals surface area contributed by atoms with Crippen molar-refractivity contribution in [3.63, 3.8) is 0 Å². The van der Waals surface area contributed by atoms with E-state index in [4.69, 9.17) is 4.74 Å². The smallest absolute Gasteiger partial charge is 0.405 e. The second kappa shape index (κ2) is 8.25. The third-order valence-electron chi connectivity index (χ3n) is 2.80. The Balaban J connectivity index is 2.57. The molecule has 0 unspecified atom stereocenters. The Kier molecular flexibility index (Phi) is 6.67. The number of urea groups is 1. The van der Waals surface area contributed by atoms with Crippen LogP contribution in [0.3, 0.4) is 0 Å². The summed E-state index contributed by atoms with van der Waals surface area (Å²) in [5.41, 5.74) is 0.459. The number of rotatable bonds is 6. The minimum atomic E-state index is -4.50. The molecule has 0 aromatic heterocycles. The molecule has 0 aliphatic heterocycles. The Bertz CT molecular complexity index is 550. The number of nitrogens with one attached hydrogen (secondary N) is 2. The lowest BCUT2D eigenvalue weighted by molar-refractivity contribution is -0.123. The van der Waals surface area contributed by atoms with E-state index in [1.54, 1.807) is 36.5 Å². The van der Waals surface area contributed by atoms with E-state index in [2.05, 4.69) is 5.32 Å². The Morgan fingerprint density at radius 3 is 2.57 bits per heavy atom. The van der Waals surface area contributed by atoms with Crippen LogP contribution in [0.2, 0.25) is 0 Å². The first-order valence-corrected chi connectivity index (χ1v) is 6.78. The van der Waals surface area contributed by atoms with Crippen molar-refractivity contribution in [3.8, 4) is 5.75 Å². The molecule has 0 saturated heterocycles. The zero-order valence-corrected chi connectivity index (χ0v) is 12.7. The van der Waals surface area contributed by atoms with E-state index in [1.807, 2.05) is 0 Å². The van der Waals surface area contributed by atoms with E-state index < -0.39 is 24.7 Å². The molecule has 1 aromatic rings. The molecule has 1 aromatic carbocycles. The molecular formula is C14H18F3N3O3. The number of carbonyl (C=O) groups is 2. The van der Waals surface area contributed by atoms with Gasteiger partial charge in [-0.15, -0.1) is 0 Å². The fraction of sp³-hybridized carbons (Fsp3) is 0.429. The largest absolute Gasteiger partial charge is 0.497 e. The SMILES string of the molecule is CCN(CC(=O)Nc1cccc(OC)c1)C(=O)NCC(F)(F)F. The molecule has 128 valence electrons. The minimum Gasteiger partial charge on any atom is -0.497 e. The highest BCUT2D eigenvalue weighted by Crippen LogP contribution is 2.16. The lowest BCUT2D eigenvalue weighted by atomic mass is 10.3. The summed E-state index contributed by atoms with van der Waals surface area (Å²) in [5, 5.41) is 4.27. The zero-order valence-electron chi connectivity index (χ0n) is 12.7. The van der Waals surface area contributed by atoms with Crippen LogP contribution in [0.25, 0.3) is 0 Å². The lowest BCUT2D eigenvalue weighted by Crippen LogP contribution is -2.46. The number of hydrogen-bond acceptors (Lipinski definition) is 3. The maximum absolute atomic E-state index is 12.1. The number of hydrogen-bond donors (Lipinski definition) is 2. The highest BCUT2D eigenvalue weighted by atomic mass is 19.4. The van der Waals surface area contributed by atoms with Crippen molar-refractivity contribution in [1.82, 2.24) is 10.2 Å². The van der Waals surface area contributed by atoms with E-state index in [-0.39, 0.29) is 13.1 Å². The first-order chi connectivity index (χ1) is 10.7. The zero-order chi connectivity index (χ0) is 17.5. The average molecular weight is 333 g/mol. The Morgan fingerprint density at radius 2 is 2.00 bits per heavy atom. The molecule has 6 nitrogen and oxygen atoms in total. The summed E-state index contributed by atoms with van der Waals surface area (Å²) in [6.45, 7) is -0.154. The summed E-state index contributed by atoms with van der Waals surface area (Å²) in [6.07, 6.45) is -4.50. The maximum atomic E-state index is 12.1.